The topological polar surface area (TPSA) is 25.4 Å². The summed E-state index contributed by atoms with van der Waals surface area (Å²) in [5.41, 5.74) is 0. The minimum absolute atomic E-state index is 0.168. The van der Waals surface area contributed by atoms with Crippen LogP contribution in [0.5, 0.6) is 0 Å². The van der Waals surface area contributed by atoms with Crippen LogP contribution in [-0.2, 0) is 4.74 Å². The van der Waals surface area contributed by atoms with Crippen molar-refractivity contribution in [2.24, 2.45) is 0 Å². The van der Waals surface area contributed by atoms with Crippen LogP contribution in [0.2, 0.25) is 0 Å². The van der Waals surface area contributed by atoms with Gasteiger partial charge in [-0.1, -0.05) is 0 Å². The highest BCUT2D eigenvalue weighted by molar-refractivity contribution is 9.10. The Morgan fingerprint density at radius 3 is 3.13 bits per heavy atom. The number of anilines is 1. The average Bonchev–Trinajstić information content (AvgIpc) is 2.20. The van der Waals surface area contributed by atoms with Crippen molar-refractivity contribution in [3.05, 3.63) is 22.6 Å². The van der Waals surface area contributed by atoms with E-state index in [0.29, 0.717) is 30.0 Å². The van der Waals surface area contributed by atoms with Gasteiger partial charge in [0.25, 0.3) is 0 Å². The summed E-state index contributed by atoms with van der Waals surface area (Å²) in [6.45, 7) is 3.94. The summed E-state index contributed by atoms with van der Waals surface area (Å²) < 4.78 is 19.6. The van der Waals surface area contributed by atoms with Crippen LogP contribution in [0.15, 0.2) is 16.7 Å². The Hall–Kier alpha value is -0.680. The third-order valence-electron chi connectivity index (χ3n) is 2.43. The summed E-state index contributed by atoms with van der Waals surface area (Å²) in [4.78, 5) is 6.04. The molecular formula is C10H12BrFN2O. The molecule has 1 aliphatic rings. The maximum absolute atomic E-state index is 13.6. The Labute approximate surface area is 96.4 Å². The molecule has 0 bridgehead atoms. The minimum Gasteiger partial charge on any atom is -0.377 e. The lowest BCUT2D eigenvalue weighted by atomic mass is 10.2. The molecule has 1 saturated heterocycles. The lowest BCUT2D eigenvalue weighted by molar-refractivity contribution is 0.0981. The number of nitrogens with zero attached hydrogens (tertiary/aromatic N) is 2. The monoisotopic (exact) mass is 274 g/mol. The fourth-order valence-corrected chi connectivity index (χ4v) is 1.96. The highest BCUT2D eigenvalue weighted by atomic mass is 79.9. The molecule has 1 aliphatic heterocycles. The van der Waals surface area contributed by atoms with Gasteiger partial charge in [0.05, 0.1) is 19.3 Å². The van der Waals surface area contributed by atoms with Crippen molar-refractivity contribution in [1.82, 2.24) is 4.98 Å². The number of hydrogen-bond acceptors (Lipinski definition) is 3. The van der Waals surface area contributed by atoms with Crippen molar-refractivity contribution >= 4 is 21.7 Å². The van der Waals surface area contributed by atoms with Crippen molar-refractivity contribution in [2.75, 3.05) is 24.7 Å². The van der Waals surface area contributed by atoms with Gasteiger partial charge < -0.3 is 9.64 Å². The molecule has 0 unspecified atom stereocenters. The van der Waals surface area contributed by atoms with Gasteiger partial charge in [-0.3, -0.25) is 0 Å². The van der Waals surface area contributed by atoms with E-state index < -0.39 is 0 Å². The summed E-state index contributed by atoms with van der Waals surface area (Å²) in [7, 11) is 0. The van der Waals surface area contributed by atoms with Gasteiger partial charge in [0, 0.05) is 17.2 Å². The second kappa shape index (κ2) is 4.45. The predicted octanol–water partition coefficient (Wildman–Crippen LogP) is 2.21. The van der Waals surface area contributed by atoms with Gasteiger partial charge in [-0.05, 0) is 28.9 Å². The molecule has 1 fully saturated rings. The Morgan fingerprint density at radius 2 is 2.47 bits per heavy atom. The molecule has 82 valence electrons. The van der Waals surface area contributed by atoms with Crippen molar-refractivity contribution < 1.29 is 9.13 Å². The van der Waals surface area contributed by atoms with E-state index in [1.807, 2.05) is 11.8 Å². The molecule has 2 heterocycles. The smallest absolute Gasteiger partial charge is 0.166 e. The molecule has 2 rings (SSSR count). The number of rotatable bonds is 1. The van der Waals surface area contributed by atoms with E-state index in [2.05, 4.69) is 20.9 Å². The van der Waals surface area contributed by atoms with Crippen molar-refractivity contribution in [3.63, 3.8) is 0 Å². The fourth-order valence-electron chi connectivity index (χ4n) is 1.66. The zero-order valence-electron chi connectivity index (χ0n) is 8.41. The van der Waals surface area contributed by atoms with Gasteiger partial charge in [-0.15, -0.1) is 0 Å². The number of halogens is 2. The highest BCUT2D eigenvalue weighted by Crippen LogP contribution is 2.22. The number of ether oxygens (including phenoxy) is 1. The van der Waals surface area contributed by atoms with Crippen molar-refractivity contribution in [3.8, 4) is 0 Å². The zero-order chi connectivity index (χ0) is 10.8. The summed E-state index contributed by atoms with van der Waals surface area (Å²) in [6, 6.07) is 1.60. The highest BCUT2D eigenvalue weighted by Gasteiger charge is 2.22. The molecule has 0 N–H and O–H groups in total. The number of pyridine rings is 1. The third kappa shape index (κ3) is 2.29. The normalized spacial score (nSPS) is 21.8. The number of aromatic nitrogens is 1. The van der Waals surface area contributed by atoms with Gasteiger partial charge in [-0.2, -0.15) is 0 Å². The van der Waals surface area contributed by atoms with Crippen molar-refractivity contribution in [1.29, 1.82) is 0 Å². The summed E-state index contributed by atoms with van der Waals surface area (Å²) in [5, 5.41) is 0. The lowest BCUT2D eigenvalue weighted by Crippen LogP contribution is -2.44. The lowest BCUT2D eigenvalue weighted by Gasteiger charge is -2.34. The Kier molecular flexibility index (Phi) is 3.21. The Morgan fingerprint density at radius 1 is 1.67 bits per heavy atom. The van der Waals surface area contributed by atoms with Crippen LogP contribution in [0.4, 0.5) is 10.2 Å². The molecule has 5 heteroatoms. The third-order valence-corrected chi connectivity index (χ3v) is 2.86. The molecular weight excluding hydrogens is 263 g/mol. The van der Waals surface area contributed by atoms with E-state index in [4.69, 9.17) is 4.74 Å². The summed E-state index contributed by atoms with van der Waals surface area (Å²) >= 11 is 3.19. The minimum atomic E-state index is -0.293. The SMILES string of the molecule is C[C@H]1COCCN1c1ncc(Br)cc1F. The second-order valence-electron chi connectivity index (χ2n) is 3.58. The molecule has 1 atom stereocenters. The largest absolute Gasteiger partial charge is 0.377 e. The van der Waals surface area contributed by atoms with Crippen LogP contribution in [0.25, 0.3) is 0 Å². The molecule has 0 aromatic carbocycles. The fraction of sp³-hybridized carbons (Fsp3) is 0.500. The first-order chi connectivity index (χ1) is 7.18. The van der Waals surface area contributed by atoms with Crippen molar-refractivity contribution in [2.45, 2.75) is 13.0 Å². The molecule has 0 aliphatic carbocycles. The Bertz CT molecular complexity index is 361. The van der Waals surface area contributed by atoms with Gasteiger partial charge in [0.2, 0.25) is 0 Å². The predicted molar refractivity (Wildman–Crippen MR) is 59.5 cm³/mol. The molecule has 1 aromatic heterocycles. The number of hydrogen-bond donors (Lipinski definition) is 0. The van der Waals surface area contributed by atoms with Crippen LogP contribution in [0.3, 0.4) is 0 Å². The summed E-state index contributed by atoms with van der Waals surface area (Å²) in [6.07, 6.45) is 1.61. The maximum atomic E-state index is 13.6. The maximum Gasteiger partial charge on any atom is 0.166 e. The van der Waals surface area contributed by atoms with E-state index in [0.717, 1.165) is 0 Å². The quantitative estimate of drug-likeness (QED) is 0.785. The van der Waals surface area contributed by atoms with E-state index in [1.165, 1.54) is 6.07 Å². The molecule has 15 heavy (non-hydrogen) atoms. The molecule has 0 radical (unpaired) electrons. The van der Waals surface area contributed by atoms with Gasteiger partial charge in [0.15, 0.2) is 11.6 Å². The van der Waals surface area contributed by atoms with E-state index in [-0.39, 0.29) is 11.9 Å². The first-order valence-electron chi connectivity index (χ1n) is 4.84. The zero-order valence-corrected chi connectivity index (χ0v) is 10.00. The first-order valence-corrected chi connectivity index (χ1v) is 5.63. The van der Waals surface area contributed by atoms with Crippen LogP contribution in [0.1, 0.15) is 6.92 Å². The molecule has 0 spiro atoms. The number of morpholine rings is 1. The van der Waals surface area contributed by atoms with Crippen LogP contribution < -0.4 is 4.90 Å². The second-order valence-corrected chi connectivity index (χ2v) is 4.49. The molecule has 1 aromatic rings. The molecule has 0 amide bonds. The van der Waals surface area contributed by atoms with E-state index in [9.17, 15) is 4.39 Å². The van der Waals surface area contributed by atoms with Crippen LogP contribution >= 0.6 is 15.9 Å². The standard InChI is InChI=1S/C10H12BrFN2O/c1-7-6-15-3-2-14(7)10-9(12)4-8(11)5-13-10/h4-5,7H,2-3,6H2,1H3/t7-/m0/s1. The van der Waals surface area contributed by atoms with Crippen LogP contribution in [-0.4, -0.2) is 30.8 Å². The molecule has 0 saturated carbocycles. The van der Waals surface area contributed by atoms with E-state index >= 15 is 0 Å². The average molecular weight is 275 g/mol. The van der Waals surface area contributed by atoms with Gasteiger partial charge in [0.1, 0.15) is 0 Å². The summed E-state index contributed by atoms with van der Waals surface area (Å²) in [5.74, 6) is 0.118. The Balaban J connectivity index is 2.27. The molecule has 3 nitrogen and oxygen atoms in total. The van der Waals surface area contributed by atoms with E-state index in [1.54, 1.807) is 6.20 Å². The first kappa shape index (κ1) is 10.8. The van der Waals surface area contributed by atoms with Gasteiger partial charge in [-0.25, -0.2) is 9.37 Å². The van der Waals surface area contributed by atoms with Gasteiger partial charge >= 0.3 is 0 Å². The van der Waals surface area contributed by atoms with Crippen LogP contribution in [0, 0.1) is 5.82 Å².